The Morgan fingerprint density at radius 2 is 1.78 bits per heavy atom. The molecule has 1 amide bonds. The molecule has 0 bridgehead atoms. The van der Waals surface area contributed by atoms with Crippen molar-refractivity contribution in [3.05, 3.63) is 53.1 Å². The van der Waals surface area contributed by atoms with Crippen molar-refractivity contribution in [2.24, 2.45) is 0 Å². The molecule has 8 heteroatoms. The van der Waals surface area contributed by atoms with Crippen molar-refractivity contribution < 1.29 is 27.4 Å². The lowest BCUT2D eigenvalue weighted by atomic mass is 10.2. The highest BCUT2D eigenvalue weighted by Crippen LogP contribution is 2.36. The molecule has 2 aromatic carbocycles. The van der Waals surface area contributed by atoms with E-state index in [2.05, 4.69) is 5.32 Å². The largest absolute Gasteiger partial charge is 0.490 e. The maximum atomic E-state index is 12.8. The van der Waals surface area contributed by atoms with E-state index in [4.69, 9.17) is 21.1 Å². The van der Waals surface area contributed by atoms with E-state index in [0.717, 1.165) is 12.1 Å². The van der Waals surface area contributed by atoms with Crippen LogP contribution in [0.2, 0.25) is 5.02 Å². The van der Waals surface area contributed by atoms with Gasteiger partial charge in [-0.2, -0.15) is 13.2 Å². The van der Waals surface area contributed by atoms with Crippen molar-refractivity contribution in [2.45, 2.75) is 25.9 Å². The number of rotatable bonds is 8. The van der Waals surface area contributed by atoms with Crippen LogP contribution in [0.4, 0.5) is 18.9 Å². The van der Waals surface area contributed by atoms with Crippen molar-refractivity contribution in [1.29, 1.82) is 0 Å². The summed E-state index contributed by atoms with van der Waals surface area (Å²) in [5.41, 5.74) is -0.947. The number of anilines is 1. The first kappa shape index (κ1) is 20.9. The molecule has 27 heavy (non-hydrogen) atoms. The third kappa shape index (κ3) is 6.36. The number of carbonyl (C=O) groups excluding carboxylic acids is 1. The number of ether oxygens (including phenoxy) is 2. The molecule has 0 aliphatic carbocycles. The quantitative estimate of drug-likeness (QED) is 0.589. The van der Waals surface area contributed by atoms with E-state index in [1.54, 1.807) is 12.1 Å². The number of hydrogen-bond donors (Lipinski definition) is 1. The molecule has 0 spiro atoms. The summed E-state index contributed by atoms with van der Waals surface area (Å²) in [5.74, 6) is 0.782. The van der Waals surface area contributed by atoms with Gasteiger partial charge in [-0.3, -0.25) is 4.79 Å². The third-order valence-electron chi connectivity index (χ3n) is 3.51. The molecule has 2 aromatic rings. The van der Waals surface area contributed by atoms with Crippen LogP contribution < -0.4 is 14.8 Å². The number of hydrogen-bond acceptors (Lipinski definition) is 3. The molecular weight excluding hydrogens is 383 g/mol. The van der Waals surface area contributed by atoms with Gasteiger partial charge in [0.1, 0.15) is 0 Å². The summed E-state index contributed by atoms with van der Waals surface area (Å²) in [4.78, 5) is 11.9. The summed E-state index contributed by atoms with van der Waals surface area (Å²) in [5, 5.41) is 2.02. The second-order valence-corrected chi connectivity index (χ2v) is 5.98. The van der Waals surface area contributed by atoms with Gasteiger partial charge >= 0.3 is 6.18 Å². The zero-order valence-electron chi connectivity index (χ0n) is 14.6. The van der Waals surface area contributed by atoms with Crippen LogP contribution in [0.1, 0.15) is 25.3 Å². The maximum absolute atomic E-state index is 12.8. The number of amides is 1. The Kier molecular flexibility index (Phi) is 7.36. The second kappa shape index (κ2) is 9.50. The van der Waals surface area contributed by atoms with Gasteiger partial charge in [-0.05, 0) is 43.7 Å². The molecule has 4 nitrogen and oxygen atoms in total. The predicted octanol–water partition coefficient (Wildman–Crippen LogP) is 5.56. The van der Waals surface area contributed by atoms with Crippen molar-refractivity contribution in [3.63, 3.8) is 0 Å². The van der Waals surface area contributed by atoms with Gasteiger partial charge in [0.15, 0.2) is 11.5 Å². The van der Waals surface area contributed by atoms with Crippen molar-refractivity contribution >= 4 is 23.2 Å². The highest BCUT2D eigenvalue weighted by molar-refractivity contribution is 6.31. The molecule has 0 aliphatic rings. The highest BCUT2D eigenvalue weighted by Gasteiger charge is 2.33. The van der Waals surface area contributed by atoms with Gasteiger partial charge in [0.2, 0.25) is 5.91 Å². The van der Waals surface area contributed by atoms with Crippen LogP contribution in [0.25, 0.3) is 0 Å². The number of para-hydroxylation sites is 2. The predicted molar refractivity (Wildman–Crippen MR) is 97.4 cm³/mol. The fraction of sp³-hybridized carbons (Fsp3) is 0.316. The second-order valence-electron chi connectivity index (χ2n) is 5.57. The van der Waals surface area contributed by atoms with E-state index in [9.17, 15) is 18.0 Å². The van der Waals surface area contributed by atoms with E-state index in [0.29, 0.717) is 24.5 Å². The topological polar surface area (TPSA) is 47.6 Å². The molecule has 0 atom stereocenters. The van der Waals surface area contributed by atoms with Gasteiger partial charge in [-0.15, -0.1) is 0 Å². The lowest BCUT2D eigenvalue weighted by Crippen LogP contribution is -2.14. The van der Waals surface area contributed by atoms with Gasteiger partial charge in [0.25, 0.3) is 0 Å². The summed E-state index contributed by atoms with van der Waals surface area (Å²) >= 11 is 5.55. The van der Waals surface area contributed by atoms with Crippen LogP contribution in [0.15, 0.2) is 42.5 Å². The Balaban J connectivity index is 1.84. The van der Waals surface area contributed by atoms with Gasteiger partial charge < -0.3 is 14.8 Å². The van der Waals surface area contributed by atoms with E-state index in [-0.39, 0.29) is 18.7 Å². The fourth-order valence-corrected chi connectivity index (χ4v) is 2.53. The molecule has 0 fully saturated rings. The molecule has 0 radical (unpaired) electrons. The van der Waals surface area contributed by atoms with Crippen LogP contribution in [-0.4, -0.2) is 19.1 Å². The van der Waals surface area contributed by atoms with Crippen molar-refractivity contribution in [3.8, 4) is 11.5 Å². The minimum absolute atomic E-state index is 0.0411. The SMILES string of the molecule is CCOc1ccccc1OCCCC(=O)Nc1ccc(Cl)c(C(F)(F)F)c1. The Bertz CT molecular complexity index is 781. The lowest BCUT2D eigenvalue weighted by Gasteiger charge is -2.12. The van der Waals surface area contributed by atoms with Crippen LogP contribution >= 0.6 is 11.6 Å². The smallest absolute Gasteiger partial charge is 0.417 e. The van der Waals surface area contributed by atoms with Crippen molar-refractivity contribution in [2.75, 3.05) is 18.5 Å². The minimum atomic E-state index is -4.58. The van der Waals surface area contributed by atoms with Crippen LogP contribution in [0.3, 0.4) is 0 Å². The van der Waals surface area contributed by atoms with E-state index >= 15 is 0 Å². The summed E-state index contributed by atoms with van der Waals surface area (Å²) in [6, 6.07) is 10.4. The molecule has 0 heterocycles. The fourth-order valence-electron chi connectivity index (χ4n) is 2.30. The van der Waals surface area contributed by atoms with Crippen LogP contribution in [0.5, 0.6) is 11.5 Å². The average molecular weight is 402 g/mol. The first-order chi connectivity index (χ1) is 12.8. The Hall–Kier alpha value is -2.41. The average Bonchev–Trinajstić information content (AvgIpc) is 2.61. The maximum Gasteiger partial charge on any atom is 0.417 e. The minimum Gasteiger partial charge on any atom is -0.490 e. The third-order valence-corrected chi connectivity index (χ3v) is 3.84. The molecule has 0 saturated carbocycles. The molecule has 2 rings (SSSR count). The Morgan fingerprint density at radius 1 is 1.11 bits per heavy atom. The molecule has 0 saturated heterocycles. The number of carbonyl (C=O) groups is 1. The lowest BCUT2D eigenvalue weighted by molar-refractivity contribution is -0.137. The number of nitrogens with one attached hydrogen (secondary N) is 1. The molecular formula is C19H19ClF3NO3. The van der Waals surface area contributed by atoms with E-state index in [1.807, 2.05) is 19.1 Å². The number of alkyl halides is 3. The summed E-state index contributed by atoms with van der Waals surface area (Å²) in [6.45, 7) is 2.64. The monoisotopic (exact) mass is 401 g/mol. The van der Waals surface area contributed by atoms with Crippen LogP contribution in [0, 0.1) is 0 Å². The molecule has 0 unspecified atom stereocenters. The normalized spacial score (nSPS) is 11.1. The van der Waals surface area contributed by atoms with Gasteiger partial charge in [0.05, 0.1) is 23.8 Å². The summed E-state index contributed by atoms with van der Waals surface area (Å²) in [6.07, 6.45) is -4.09. The zero-order chi connectivity index (χ0) is 19.9. The Labute approximate surface area is 160 Å². The van der Waals surface area contributed by atoms with Gasteiger partial charge in [-0.1, -0.05) is 23.7 Å². The highest BCUT2D eigenvalue weighted by atomic mass is 35.5. The zero-order valence-corrected chi connectivity index (χ0v) is 15.4. The van der Waals surface area contributed by atoms with Crippen LogP contribution in [-0.2, 0) is 11.0 Å². The molecule has 0 aliphatic heterocycles. The van der Waals surface area contributed by atoms with E-state index in [1.165, 1.54) is 6.07 Å². The number of benzene rings is 2. The standard InChI is InChI=1S/C19H19ClF3NO3/c1-2-26-16-6-3-4-7-17(16)27-11-5-8-18(25)24-13-9-10-15(20)14(12-13)19(21,22)23/h3-4,6-7,9-10,12H,2,5,8,11H2,1H3,(H,24,25). The first-order valence-corrected chi connectivity index (χ1v) is 8.70. The van der Waals surface area contributed by atoms with E-state index < -0.39 is 22.7 Å². The Morgan fingerprint density at radius 3 is 2.41 bits per heavy atom. The van der Waals surface area contributed by atoms with Crippen molar-refractivity contribution in [1.82, 2.24) is 0 Å². The molecule has 0 aromatic heterocycles. The molecule has 146 valence electrons. The van der Waals surface area contributed by atoms with Gasteiger partial charge in [-0.25, -0.2) is 0 Å². The summed E-state index contributed by atoms with van der Waals surface area (Å²) < 4.78 is 49.6. The molecule has 1 N–H and O–H groups in total. The first-order valence-electron chi connectivity index (χ1n) is 8.32. The van der Waals surface area contributed by atoms with Gasteiger partial charge in [0, 0.05) is 12.1 Å². The summed E-state index contributed by atoms with van der Waals surface area (Å²) in [7, 11) is 0. The number of halogens is 4.